The number of carbonyl (C=O) groups is 4. The molecule has 0 saturated heterocycles. The second-order valence-corrected chi connectivity index (χ2v) is 8.86. The van der Waals surface area contributed by atoms with Crippen molar-refractivity contribution in [3.63, 3.8) is 0 Å². The number of hydrogen-bond acceptors (Lipinski definition) is 8. The molecule has 0 aromatic heterocycles. The van der Waals surface area contributed by atoms with Gasteiger partial charge in [0, 0.05) is 30.2 Å². The van der Waals surface area contributed by atoms with E-state index < -0.39 is 36.2 Å². The van der Waals surface area contributed by atoms with E-state index in [1.807, 2.05) is 60.7 Å². The first-order chi connectivity index (χ1) is 19.2. The van der Waals surface area contributed by atoms with Gasteiger partial charge in [0.2, 0.25) is 0 Å². The van der Waals surface area contributed by atoms with Crippen LogP contribution in [0, 0.1) is 0 Å². The third-order valence-corrected chi connectivity index (χ3v) is 5.48. The van der Waals surface area contributed by atoms with Crippen LogP contribution >= 0.6 is 0 Å². The van der Waals surface area contributed by atoms with Gasteiger partial charge in [-0.3, -0.25) is 9.59 Å². The second kappa shape index (κ2) is 23.1. The number of carboxylic acid groups (broad SMARTS) is 2. The molecular weight excluding hydrogens is 584 g/mol. The normalized spacial score (nSPS) is 11.4. The molecule has 41 heavy (non-hydrogen) atoms. The van der Waals surface area contributed by atoms with Crippen LogP contribution in [-0.2, 0) is 49.3 Å². The minimum absolute atomic E-state index is 0. The zero-order valence-electron chi connectivity index (χ0n) is 22.8. The molecule has 2 aromatic rings. The van der Waals surface area contributed by atoms with Crippen molar-refractivity contribution in [1.29, 1.82) is 0 Å². The summed E-state index contributed by atoms with van der Waals surface area (Å²) in [5.41, 5.74) is 12.6. The number of carbonyl (C=O) groups excluding carboxylic acids is 2. The summed E-state index contributed by atoms with van der Waals surface area (Å²) in [5.74, 6) is -2.00. The van der Waals surface area contributed by atoms with Gasteiger partial charge in [-0.05, 0) is 49.7 Å². The van der Waals surface area contributed by atoms with Gasteiger partial charge in [-0.15, -0.1) is 0 Å². The van der Waals surface area contributed by atoms with E-state index in [0.717, 1.165) is 11.1 Å². The number of unbranched alkanes of at least 4 members (excludes halogenated alkanes) is 2. The van der Waals surface area contributed by atoms with Crippen LogP contribution in [0.25, 0.3) is 0 Å². The summed E-state index contributed by atoms with van der Waals surface area (Å²) >= 11 is 0. The fraction of sp³-hybridized carbons (Fsp3) is 0.429. The Morgan fingerprint density at radius 1 is 0.634 bits per heavy atom. The van der Waals surface area contributed by atoms with E-state index in [0.29, 0.717) is 51.6 Å². The number of nitrogens with two attached hydrogens (primary N) is 2. The molecule has 0 aliphatic carbocycles. The van der Waals surface area contributed by atoms with Crippen molar-refractivity contribution in [2.75, 3.05) is 13.1 Å². The standard InChI is InChI=1S/2C14H20N2O4.Cu/c2*15-12(13(17)18)8-4-5-9-16-14(19)20-10-11-6-2-1-3-7-11;/h2*1-3,6-7,12H,4-5,8-10,15H2,(H,16,19)(H,17,18);. The van der Waals surface area contributed by atoms with Crippen LogP contribution in [-0.4, -0.2) is 59.5 Å². The molecular formula is C28H40CuN4O8. The summed E-state index contributed by atoms with van der Waals surface area (Å²) in [7, 11) is 0. The van der Waals surface area contributed by atoms with Gasteiger partial charge < -0.3 is 41.8 Å². The van der Waals surface area contributed by atoms with E-state index in [1.54, 1.807) is 0 Å². The topological polar surface area (TPSA) is 203 Å². The van der Waals surface area contributed by atoms with Crippen LogP contribution in [0.4, 0.5) is 9.59 Å². The largest absolute Gasteiger partial charge is 0.480 e. The molecule has 2 rings (SSSR count). The minimum atomic E-state index is -1.000. The molecule has 1 radical (unpaired) electrons. The maximum Gasteiger partial charge on any atom is 0.407 e. The van der Waals surface area contributed by atoms with Crippen molar-refractivity contribution >= 4 is 24.1 Å². The molecule has 0 saturated carbocycles. The van der Waals surface area contributed by atoms with Crippen molar-refractivity contribution in [3.8, 4) is 0 Å². The summed E-state index contributed by atoms with van der Waals surface area (Å²) in [4.78, 5) is 43.7. The number of aliphatic carboxylic acids is 2. The first kappa shape index (κ1) is 37.4. The van der Waals surface area contributed by atoms with Crippen LogP contribution in [0.1, 0.15) is 49.7 Å². The maximum absolute atomic E-state index is 11.4. The van der Waals surface area contributed by atoms with Crippen molar-refractivity contribution in [1.82, 2.24) is 10.6 Å². The Kier molecular flexibility index (Phi) is 21.1. The van der Waals surface area contributed by atoms with E-state index in [9.17, 15) is 19.2 Å². The Morgan fingerprint density at radius 2 is 0.976 bits per heavy atom. The number of alkyl carbamates (subject to hydrolysis) is 2. The molecule has 0 fully saturated rings. The predicted octanol–water partition coefficient (Wildman–Crippen LogP) is 2.99. The first-order valence-electron chi connectivity index (χ1n) is 13.0. The Hall–Kier alpha value is -3.64. The van der Waals surface area contributed by atoms with Crippen LogP contribution in [0.15, 0.2) is 60.7 Å². The van der Waals surface area contributed by atoms with Gasteiger partial charge in [-0.2, -0.15) is 0 Å². The van der Waals surface area contributed by atoms with Crippen molar-refractivity contribution in [2.45, 2.75) is 63.8 Å². The molecule has 2 atom stereocenters. The Morgan fingerprint density at radius 3 is 1.29 bits per heavy atom. The molecule has 0 bridgehead atoms. The monoisotopic (exact) mass is 623 g/mol. The summed E-state index contributed by atoms with van der Waals surface area (Å²) < 4.78 is 10.1. The molecule has 0 aliphatic rings. The van der Waals surface area contributed by atoms with Crippen LogP contribution in [0.2, 0.25) is 0 Å². The molecule has 0 aliphatic heterocycles. The quantitative estimate of drug-likeness (QED) is 0.119. The van der Waals surface area contributed by atoms with E-state index in [2.05, 4.69) is 10.6 Å². The number of carboxylic acids is 2. The third kappa shape index (κ3) is 20.0. The molecule has 0 spiro atoms. The molecule has 2 unspecified atom stereocenters. The number of nitrogens with one attached hydrogen (secondary N) is 2. The third-order valence-electron chi connectivity index (χ3n) is 5.48. The van der Waals surface area contributed by atoms with Gasteiger partial charge in [0.15, 0.2) is 0 Å². The molecule has 12 nitrogen and oxygen atoms in total. The smallest absolute Gasteiger partial charge is 0.407 e. The average molecular weight is 624 g/mol. The zero-order valence-corrected chi connectivity index (χ0v) is 23.7. The second-order valence-electron chi connectivity index (χ2n) is 8.86. The zero-order chi connectivity index (χ0) is 29.6. The van der Waals surface area contributed by atoms with Crippen molar-refractivity contribution in [2.24, 2.45) is 11.5 Å². The van der Waals surface area contributed by atoms with Gasteiger partial charge >= 0.3 is 24.1 Å². The number of rotatable bonds is 16. The van der Waals surface area contributed by atoms with E-state index in [4.69, 9.17) is 31.2 Å². The Bertz CT molecular complexity index is 933. The molecule has 0 heterocycles. The van der Waals surface area contributed by atoms with Crippen molar-refractivity contribution in [3.05, 3.63) is 71.8 Å². The molecule has 13 heteroatoms. The Balaban J connectivity index is 0.000000762. The minimum Gasteiger partial charge on any atom is -0.480 e. The predicted molar refractivity (Wildman–Crippen MR) is 148 cm³/mol. The molecule has 2 aromatic carbocycles. The average Bonchev–Trinajstić information content (AvgIpc) is 2.95. The summed E-state index contributed by atoms with van der Waals surface area (Å²) in [6.45, 7) is 1.35. The van der Waals surface area contributed by atoms with E-state index in [1.165, 1.54) is 0 Å². The SMILES string of the molecule is NC(CCCCNC(=O)OCc1ccccc1)C(=O)O.NC(CCCCNC(=O)OCc1ccccc1)C(=O)O.[Cu]. The van der Waals surface area contributed by atoms with E-state index in [-0.39, 0.29) is 30.3 Å². The van der Waals surface area contributed by atoms with Crippen LogP contribution < -0.4 is 22.1 Å². The van der Waals surface area contributed by atoms with Gasteiger partial charge in [-0.1, -0.05) is 60.7 Å². The maximum atomic E-state index is 11.4. The van der Waals surface area contributed by atoms with Gasteiger partial charge in [0.25, 0.3) is 0 Å². The summed E-state index contributed by atoms with van der Waals surface area (Å²) in [5, 5.41) is 22.4. The number of benzene rings is 2. The van der Waals surface area contributed by atoms with E-state index >= 15 is 0 Å². The first-order valence-corrected chi connectivity index (χ1v) is 13.0. The van der Waals surface area contributed by atoms with Gasteiger partial charge in [-0.25, -0.2) is 9.59 Å². The number of amides is 2. The fourth-order valence-corrected chi connectivity index (χ4v) is 3.15. The number of ether oxygens (including phenoxy) is 2. The van der Waals surface area contributed by atoms with Crippen molar-refractivity contribution < 1.29 is 55.9 Å². The van der Waals surface area contributed by atoms with Crippen LogP contribution in [0.3, 0.4) is 0 Å². The Labute approximate surface area is 250 Å². The molecule has 231 valence electrons. The van der Waals surface area contributed by atoms with Crippen LogP contribution in [0.5, 0.6) is 0 Å². The summed E-state index contributed by atoms with van der Waals surface area (Å²) in [6, 6.07) is 17.1. The number of hydrogen-bond donors (Lipinski definition) is 6. The molecule has 2 amide bonds. The summed E-state index contributed by atoms with van der Waals surface area (Å²) in [6.07, 6.45) is 2.47. The fourth-order valence-electron chi connectivity index (χ4n) is 3.15. The molecule has 8 N–H and O–H groups in total. The van der Waals surface area contributed by atoms with Gasteiger partial charge in [0.05, 0.1) is 0 Å². The van der Waals surface area contributed by atoms with Gasteiger partial charge in [0.1, 0.15) is 25.3 Å².